The van der Waals surface area contributed by atoms with E-state index in [1.807, 2.05) is 62.3 Å². The van der Waals surface area contributed by atoms with Crippen LogP contribution < -0.4 is 21.3 Å². The number of nitrogens with zero attached hydrogens (tertiary/aromatic N) is 5. The van der Waals surface area contributed by atoms with Crippen molar-refractivity contribution in [1.82, 2.24) is 25.8 Å². The number of anilines is 4. The van der Waals surface area contributed by atoms with Crippen molar-refractivity contribution < 1.29 is 145 Å². The molecule has 6 aliphatic rings. The maximum atomic E-state index is 13.2. The molecule has 5 saturated heterocycles. The molecule has 38 nitrogen and oxygen atoms in total. The third kappa shape index (κ3) is 30.6. The molecule has 1 saturated carbocycles. The molecule has 5 aliphatic heterocycles. The summed E-state index contributed by atoms with van der Waals surface area (Å²) in [4.78, 5) is 63.9. The molecule has 6 fully saturated rings. The second-order valence-corrected chi connectivity index (χ2v) is 58.0. The van der Waals surface area contributed by atoms with Gasteiger partial charge in [-0.25, -0.2) is 42.1 Å². The van der Waals surface area contributed by atoms with Crippen LogP contribution in [0, 0.1) is 11.3 Å². The van der Waals surface area contributed by atoms with Crippen molar-refractivity contribution in [2.45, 2.75) is 385 Å². The first-order chi connectivity index (χ1) is 66.4. The number of ketones is 1. The molecule has 5 aromatic heterocycles. The summed E-state index contributed by atoms with van der Waals surface area (Å²) in [5, 5.41) is 38.4. The van der Waals surface area contributed by atoms with Crippen LogP contribution in [0.2, 0.25) is 0 Å². The highest BCUT2D eigenvalue weighted by atomic mass is 32.2. The minimum atomic E-state index is -4.43. The Morgan fingerprint density at radius 3 is 1.22 bits per heavy atom. The van der Waals surface area contributed by atoms with Crippen LogP contribution in [0.25, 0.3) is 0 Å². The molecule has 2 unspecified atom stereocenters. The van der Waals surface area contributed by atoms with Gasteiger partial charge in [-0.3, -0.25) is 45.2 Å². The Labute approximate surface area is 848 Å². The fourth-order valence-corrected chi connectivity index (χ4v) is 25.6. The standard InChI is InChI=1S/C24H38N2O7S.C19H32N2O7S.C19H32N2O5S.C18H28F3NO4S.C18H30N2O6S/c1-23(2,34(28,29)18-9-14-30-15-10-18)22(27)25-20-16-19(26-33-20)24(11-5-3-6-12-24)17-32-21-8-4-7-13-31-21;1-18(2,13-27-11-10-25-5)15-12-16(28-21-15)20-17(22)19(3,4)29(23,24)14-6-8-26-9-7-14;1-17(2,3)18(4,5)14-12-15(26-21-14)20-16(22)19(6,7)27(23,24)13-8-10-25-11-9-13;1-12(2)16(3,4)14-10-13(26-22-14)11-15(23)17(5,6)27(24,25)9-7-8-18(19,20)21;1-6-14(21)17(2,3)13-11-15(26-20-13)19-16(22)18(4,5)27(23,24)12-7-9-25-10-8-12/h16,18,21H,3-15,17H2,1-2H3,(H,25,27);12,14H,6-11,13H2,1-5H3,(H,20,22);12-13H,8-11H2,1-7H3,(H,20,22);10,12H,7-9,11H2,1-6H3;11-12,14,21H,6-10H2,1-5H3,(H,19,22). The highest BCUT2D eigenvalue weighted by Gasteiger charge is 2.53. The Morgan fingerprint density at radius 2 is 0.833 bits per heavy atom. The van der Waals surface area contributed by atoms with Gasteiger partial charge in [0.2, 0.25) is 47.2 Å². The number of Topliss-reactive ketones (excluding diaryl/α,β-unsaturated/α-hetero) is 1. The van der Waals surface area contributed by atoms with Gasteiger partial charge in [-0.05, 0) is 177 Å². The lowest BCUT2D eigenvalue weighted by Gasteiger charge is -2.36. The highest BCUT2D eigenvalue weighted by Crippen LogP contribution is 2.45. The highest BCUT2D eigenvalue weighted by molar-refractivity contribution is 7.95. The van der Waals surface area contributed by atoms with Crippen LogP contribution in [-0.4, -0.2) is 264 Å². The van der Waals surface area contributed by atoms with Crippen LogP contribution in [-0.2, 0) is 145 Å². The molecule has 46 heteroatoms. The second kappa shape index (κ2) is 50.1. The van der Waals surface area contributed by atoms with E-state index in [1.165, 1.54) is 81.7 Å². The van der Waals surface area contributed by atoms with E-state index in [0.717, 1.165) is 57.2 Å². The minimum absolute atomic E-state index is 0.0571. The molecular formula is C98H160F3N9O29S5. The minimum Gasteiger partial charge on any atom is -0.392 e. The van der Waals surface area contributed by atoms with E-state index in [4.69, 9.17) is 60.5 Å². The third-order valence-electron chi connectivity index (χ3n) is 29.8. The Balaban J connectivity index is 0.000000245. The lowest BCUT2D eigenvalue weighted by molar-refractivity contribution is -0.174. The fourth-order valence-electron chi connectivity index (χ4n) is 16.3. The molecule has 0 spiro atoms. The summed E-state index contributed by atoms with van der Waals surface area (Å²) in [6.45, 7) is 47.3. The first-order valence-corrected chi connectivity index (χ1v) is 57.4. The van der Waals surface area contributed by atoms with Gasteiger partial charge in [0.25, 0.3) is 0 Å². The fraction of sp³-hybridized carbons (Fsp3) is 0.796. The Bertz CT molecular complexity index is 5590. The summed E-state index contributed by atoms with van der Waals surface area (Å²) >= 11 is 0. The summed E-state index contributed by atoms with van der Waals surface area (Å²) in [5.74, 6) is -2.93. The first kappa shape index (κ1) is 124. The third-order valence-corrected chi connectivity index (χ3v) is 44.2. The van der Waals surface area contributed by atoms with Crippen molar-refractivity contribution >= 4 is 102 Å². The Kier molecular flexibility index (Phi) is 43.1. The van der Waals surface area contributed by atoms with E-state index in [9.17, 15) is 84.3 Å². The molecule has 0 aromatic carbocycles. The summed E-state index contributed by atoms with van der Waals surface area (Å²) < 4.78 is 227. The van der Waals surface area contributed by atoms with E-state index in [-0.39, 0.29) is 69.6 Å². The van der Waals surface area contributed by atoms with Gasteiger partial charge < -0.3 is 65.6 Å². The van der Waals surface area contributed by atoms with Crippen molar-refractivity contribution in [3.63, 3.8) is 0 Å². The van der Waals surface area contributed by atoms with Crippen molar-refractivity contribution in [2.24, 2.45) is 11.3 Å². The van der Waals surface area contributed by atoms with E-state index in [2.05, 4.69) is 81.7 Å². The number of aliphatic hydroxyl groups is 1. The number of carbonyl (C=O) groups excluding carboxylic acids is 5. The monoisotopic (exact) mass is 2140 g/mol. The van der Waals surface area contributed by atoms with Crippen LogP contribution in [0.4, 0.5) is 36.7 Å². The zero-order valence-electron chi connectivity index (χ0n) is 88.8. The van der Waals surface area contributed by atoms with Crippen molar-refractivity contribution in [1.29, 1.82) is 0 Å². The molecule has 0 bridgehead atoms. The number of methoxy groups -OCH3 is 1. The van der Waals surface area contributed by atoms with E-state index < -0.39 is 165 Å². The van der Waals surface area contributed by atoms with Crippen LogP contribution in [0.15, 0.2) is 52.9 Å². The van der Waals surface area contributed by atoms with Gasteiger partial charge in [0, 0.05) is 130 Å². The topological polar surface area (TPSA) is 528 Å². The zero-order chi connectivity index (χ0) is 108. The van der Waals surface area contributed by atoms with Crippen LogP contribution in [0.1, 0.15) is 322 Å². The SMILES string of the molecule is CC(C)(C(=O)Nc1cc(C2(COC3CCCCO3)CCCCC2)no1)S(=O)(=O)C1CCOCC1.CC(C)(C)C(C)(C)c1cc(NC(=O)C(C)(C)S(=O)(=O)C2CCOCC2)on1.CC(C)C(C)(C)c1cc(CC(=O)C(C)(C)S(=O)(=O)CCCC(F)(F)F)on1.CCC(O)C(C)(C)c1cc(NC(=O)C(C)(C)S(=O)(=O)C2CCOCC2)on1.COCCOCC(C)(C)c1cc(NC(=O)C(C)(C)S(=O)(=O)C2CCOCC2)on1. The van der Waals surface area contributed by atoms with Crippen molar-refractivity contribution in [3.05, 3.63) is 64.6 Å². The molecule has 1 aliphatic carbocycles. The molecule has 11 rings (SSSR count). The summed E-state index contributed by atoms with van der Waals surface area (Å²) in [7, 11) is -17.3. The average Bonchev–Trinajstić information content (AvgIpc) is 1.03. The number of amides is 4. The van der Waals surface area contributed by atoms with E-state index in [0.29, 0.717) is 160 Å². The van der Waals surface area contributed by atoms with Gasteiger partial charge in [-0.2, -0.15) is 13.2 Å². The summed E-state index contributed by atoms with van der Waals surface area (Å²) in [6.07, 6.45) is 4.62. The summed E-state index contributed by atoms with van der Waals surface area (Å²) in [6, 6.07) is 8.14. The van der Waals surface area contributed by atoms with Gasteiger partial charge in [0.1, 0.15) is 29.5 Å². The van der Waals surface area contributed by atoms with Gasteiger partial charge >= 0.3 is 6.18 Å². The predicted octanol–water partition coefficient (Wildman–Crippen LogP) is 15.3. The molecule has 5 aromatic rings. The molecule has 5 N–H and O–H groups in total. The van der Waals surface area contributed by atoms with Gasteiger partial charge in [-0.15, -0.1) is 0 Å². The number of rotatable bonds is 39. The van der Waals surface area contributed by atoms with Crippen molar-refractivity contribution in [3.8, 4) is 0 Å². The quantitative estimate of drug-likeness (QED) is 0.0228. The van der Waals surface area contributed by atoms with Gasteiger partial charge in [0.05, 0.1) is 94.2 Å². The average molecular weight is 2150 g/mol. The molecule has 0 radical (unpaired) electrons. The van der Waals surface area contributed by atoms with Crippen LogP contribution in [0.5, 0.6) is 0 Å². The molecule has 10 heterocycles. The predicted molar refractivity (Wildman–Crippen MR) is 536 cm³/mol. The number of aliphatic hydroxyl groups excluding tert-OH is 1. The van der Waals surface area contributed by atoms with Crippen molar-refractivity contribution in [2.75, 3.05) is 120 Å². The van der Waals surface area contributed by atoms with Crippen LogP contribution in [0.3, 0.4) is 0 Å². The molecule has 4 amide bonds. The number of sulfone groups is 5. The molecule has 2 atom stereocenters. The van der Waals surface area contributed by atoms with Gasteiger partial charge in [0.15, 0.2) is 61.3 Å². The van der Waals surface area contributed by atoms with Crippen LogP contribution >= 0.6 is 0 Å². The van der Waals surface area contributed by atoms with Gasteiger partial charge in [-0.1, -0.05) is 142 Å². The first-order valence-electron chi connectivity index (χ1n) is 49.6. The molecule has 144 heavy (non-hydrogen) atoms. The number of nitrogens with one attached hydrogen (secondary N) is 4. The lowest BCUT2D eigenvalue weighted by Crippen LogP contribution is -2.50. The summed E-state index contributed by atoms with van der Waals surface area (Å²) in [5.41, 5.74) is 1.12. The number of aromatic nitrogens is 5. The largest absolute Gasteiger partial charge is 0.392 e. The number of halogens is 3. The number of ether oxygens (including phenoxy) is 8. The number of carbonyl (C=O) groups is 5. The smallest absolute Gasteiger partial charge is 0.389 e. The number of hydrogen-bond donors (Lipinski definition) is 5. The maximum Gasteiger partial charge on any atom is 0.389 e. The zero-order valence-corrected chi connectivity index (χ0v) is 92.8. The maximum absolute atomic E-state index is 13.2. The molecule has 822 valence electrons. The number of alkyl halides is 3. The second-order valence-electron chi connectivity index (χ2n) is 44.2. The van der Waals surface area contributed by atoms with E-state index >= 15 is 0 Å². The Morgan fingerprint density at radius 1 is 0.458 bits per heavy atom. The Hall–Kier alpha value is -7.22. The lowest BCUT2D eigenvalue weighted by atomic mass is 9.67. The van der Waals surface area contributed by atoms with E-state index in [1.54, 1.807) is 31.4 Å². The number of hydrogen-bond acceptors (Lipinski definition) is 34. The molecular weight excluding hydrogens is 1980 g/mol. The normalized spacial score (nSPS) is 18.6.